The van der Waals surface area contributed by atoms with Crippen molar-refractivity contribution in [3.63, 3.8) is 0 Å². The fourth-order valence-corrected chi connectivity index (χ4v) is 16.0. The number of nitrogens with zero attached hydrogens (tertiary/aromatic N) is 1. The molecule has 0 atom stereocenters. The van der Waals surface area contributed by atoms with E-state index in [4.69, 9.17) is 17.4 Å². The van der Waals surface area contributed by atoms with Crippen molar-refractivity contribution in [3.05, 3.63) is 35.2 Å². The Hall–Kier alpha value is -1.25. The summed E-state index contributed by atoms with van der Waals surface area (Å²) in [7, 11) is -9.02. The predicted molar refractivity (Wildman–Crippen MR) is 162 cm³/mol. The molecule has 1 aliphatic rings. The van der Waals surface area contributed by atoms with Gasteiger partial charge in [0, 0.05) is 18.3 Å². The molecule has 0 aromatic carbocycles. The van der Waals surface area contributed by atoms with Gasteiger partial charge >= 0.3 is 20.5 Å². The normalized spacial score (nSPS) is 16.5. The van der Waals surface area contributed by atoms with Crippen LogP contribution in [0.1, 0.15) is 32.6 Å². The molecule has 0 spiro atoms. The zero-order valence-corrected chi connectivity index (χ0v) is 29.2. The van der Waals surface area contributed by atoms with Gasteiger partial charge in [-0.25, -0.2) is 9.59 Å². The Morgan fingerprint density at radius 1 is 0.811 bits per heavy atom. The van der Waals surface area contributed by atoms with Crippen molar-refractivity contribution >= 4 is 45.5 Å². The summed E-state index contributed by atoms with van der Waals surface area (Å²) < 4.78 is 24.5. The molecule has 1 saturated heterocycles. The van der Waals surface area contributed by atoms with E-state index in [9.17, 15) is 9.59 Å². The third-order valence-corrected chi connectivity index (χ3v) is 15.6. The molecule has 1 aliphatic heterocycles. The summed E-state index contributed by atoms with van der Waals surface area (Å²) in [4.78, 5) is 28.9. The van der Waals surface area contributed by atoms with Crippen molar-refractivity contribution in [3.8, 4) is 0 Å². The van der Waals surface area contributed by atoms with Crippen LogP contribution in [0.2, 0.25) is 65.5 Å². The Morgan fingerprint density at radius 3 is 1.76 bits per heavy atom. The first-order chi connectivity index (χ1) is 16.8. The maximum atomic E-state index is 13.4. The van der Waals surface area contributed by atoms with E-state index >= 15 is 0 Å². The molecule has 0 N–H and O–H groups in total. The van der Waals surface area contributed by atoms with Crippen molar-refractivity contribution < 1.29 is 27.0 Å². The summed E-state index contributed by atoms with van der Waals surface area (Å²) >= 11 is 0. The fraction of sp³-hybridized carbons (Fsp3) is 0.692. The first kappa shape index (κ1) is 33.8. The minimum absolute atomic E-state index is 0.0356. The molecule has 0 aromatic heterocycles. The standard InChI is InChI=1S/C26H51NO6Si4/c1-13-23(17-20-27-18-15-14-16-19-27)24(26(29)31-34(3,4)5)25(28)30-21-22(2)37(12,32-35(6,7)8)33-36(9,10)11/h17,20H,2,13-16,18-19,21H2,1,3-12H3. The number of piperidine rings is 1. The van der Waals surface area contributed by atoms with Crippen LogP contribution in [-0.2, 0) is 27.0 Å². The lowest BCUT2D eigenvalue weighted by atomic mass is 10.1. The first-order valence-electron chi connectivity index (χ1n) is 13.4. The van der Waals surface area contributed by atoms with E-state index in [-0.39, 0.29) is 12.2 Å². The quantitative estimate of drug-likeness (QED) is 0.0611. The van der Waals surface area contributed by atoms with Crippen LogP contribution in [-0.4, -0.2) is 70.0 Å². The second-order valence-electron chi connectivity index (χ2n) is 12.7. The molecule has 0 saturated carbocycles. The molecular formula is C26H51NO6Si4. The van der Waals surface area contributed by atoms with Crippen LogP contribution in [0, 0.1) is 0 Å². The molecule has 0 aromatic rings. The lowest BCUT2D eigenvalue weighted by Gasteiger charge is -2.39. The maximum Gasteiger partial charge on any atom is 0.347 e. The van der Waals surface area contributed by atoms with Crippen LogP contribution < -0.4 is 0 Å². The molecule has 0 amide bonds. The van der Waals surface area contributed by atoms with E-state index in [1.807, 2.05) is 45.4 Å². The van der Waals surface area contributed by atoms with Crippen molar-refractivity contribution in [1.82, 2.24) is 4.90 Å². The van der Waals surface area contributed by atoms with Gasteiger partial charge in [0.25, 0.3) is 0 Å². The molecule has 1 fully saturated rings. The van der Waals surface area contributed by atoms with Gasteiger partial charge in [0.05, 0.1) is 0 Å². The van der Waals surface area contributed by atoms with Gasteiger partial charge in [-0.15, -0.1) is 0 Å². The lowest BCUT2D eigenvalue weighted by Crippen LogP contribution is -2.54. The van der Waals surface area contributed by atoms with E-state index in [2.05, 4.69) is 50.8 Å². The Morgan fingerprint density at radius 2 is 1.32 bits per heavy atom. The highest BCUT2D eigenvalue weighted by molar-refractivity contribution is 6.91. The van der Waals surface area contributed by atoms with E-state index < -0.39 is 45.5 Å². The molecule has 0 unspecified atom stereocenters. The van der Waals surface area contributed by atoms with E-state index in [0.29, 0.717) is 17.2 Å². The van der Waals surface area contributed by atoms with Gasteiger partial charge in [0.1, 0.15) is 12.2 Å². The molecule has 1 rings (SSSR count). The smallest absolute Gasteiger partial charge is 0.347 e. The van der Waals surface area contributed by atoms with Gasteiger partial charge in [0.15, 0.2) is 16.6 Å². The number of hydrogen-bond donors (Lipinski definition) is 0. The average molecular weight is 586 g/mol. The molecule has 7 nitrogen and oxygen atoms in total. The zero-order valence-electron chi connectivity index (χ0n) is 25.2. The van der Waals surface area contributed by atoms with Crippen molar-refractivity contribution in [2.75, 3.05) is 19.7 Å². The number of carbonyl (C=O) groups excluding carboxylic acids is 2. The van der Waals surface area contributed by atoms with Crippen molar-refractivity contribution in [2.45, 2.75) is 98.1 Å². The molecule has 11 heteroatoms. The van der Waals surface area contributed by atoms with Gasteiger partial charge in [-0.3, -0.25) is 0 Å². The monoisotopic (exact) mass is 585 g/mol. The highest BCUT2D eigenvalue weighted by atomic mass is 28.5. The summed E-state index contributed by atoms with van der Waals surface area (Å²) in [5.41, 5.74) is 0.577. The molecular weight excluding hydrogens is 535 g/mol. The summed E-state index contributed by atoms with van der Waals surface area (Å²) in [6.07, 6.45) is 7.87. The zero-order chi connectivity index (χ0) is 28.7. The highest BCUT2D eigenvalue weighted by Gasteiger charge is 2.43. The molecule has 0 radical (unpaired) electrons. The number of rotatable bonds is 13. The summed E-state index contributed by atoms with van der Waals surface area (Å²) in [6.45, 7) is 28.5. The Balaban J connectivity index is 3.25. The minimum Gasteiger partial charge on any atom is -0.516 e. The van der Waals surface area contributed by atoms with Crippen LogP contribution in [0.4, 0.5) is 0 Å². The van der Waals surface area contributed by atoms with Crippen LogP contribution >= 0.6 is 0 Å². The SMILES string of the molecule is C=C(COC(=O)C(C(=O)O[Si](C)(C)C)=C(C=CN1CCCCC1)CC)[Si](C)(O[Si](C)(C)C)O[Si](C)(C)C. The number of allylic oxidation sites excluding steroid dienone is 2. The Kier molecular flexibility index (Phi) is 12.5. The maximum absolute atomic E-state index is 13.4. The highest BCUT2D eigenvalue weighted by Crippen LogP contribution is 2.27. The minimum atomic E-state index is -2.86. The van der Waals surface area contributed by atoms with Crippen molar-refractivity contribution in [2.24, 2.45) is 0 Å². The molecule has 1 heterocycles. The van der Waals surface area contributed by atoms with Crippen LogP contribution in [0.5, 0.6) is 0 Å². The van der Waals surface area contributed by atoms with Gasteiger partial charge in [-0.2, -0.15) is 0 Å². The number of carbonyl (C=O) groups is 2. The van der Waals surface area contributed by atoms with Gasteiger partial charge in [-0.1, -0.05) is 13.5 Å². The fourth-order valence-electron chi connectivity index (χ4n) is 4.01. The topological polar surface area (TPSA) is 74.3 Å². The Labute approximate surface area is 229 Å². The van der Waals surface area contributed by atoms with Gasteiger partial charge in [0.2, 0.25) is 8.32 Å². The first-order valence-corrected chi connectivity index (χ1v) is 25.9. The second kappa shape index (κ2) is 13.7. The van der Waals surface area contributed by atoms with E-state index in [1.54, 1.807) is 0 Å². The third kappa shape index (κ3) is 12.9. The number of likely N-dealkylation sites (tertiary alicyclic amines) is 1. The number of ether oxygens (including phenoxy) is 1. The van der Waals surface area contributed by atoms with Crippen LogP contribution in [0.3, 0.4) is 0 Å². The summed E-state index contributed by atoms with van der Waals surface area (Å²) in [6, 6.07) is 0. The summed E-state index contributed by atoms with van der Waals surface area (Å²) in [5.74, 6) is -1.31. The largest absolute Gasteiger partial charge is 0.516 e. The van der Waals surface area contributed by atoms with Crippen LogP contribution in [0.15, 0.2) is 35.2 Å². The number of hydrogen-bond acceptors (Lipinski definition) is 7. The Bertz CT molecular complexity index is 859. The number of esters is 1. The van der Waals surface area contributed by atoms with Crippen LogP contribution in [0.25, 0.3) is 0 Å². The molecule has 37 heavy (non-hydrogen) atoms. The molecule has 0 aliphatic carbocycles. The van der Waals surface area contributed by atoms with Crippen molar-refractivity contribution in [1.29, 1.82) is 0 Å². The lowest BCUT2D eigenvalue weighted by molar-refractivity contribution is -0.142. The van der Waals surface area contributed by atoms with Gasteiger partial charge < -0.3 is 22.3 Å². The molecule has 0 bridgehead atoms. The molecule has 212 valence electrons. The van der Waals surface area contributed by atoms with E-state index in [0.717, 1.165) is 25.9 Å². The van der Waals surface area contributed by atoms with E-state index in [1.165, 1.54) is 6.42 Å². The summed E-state index contributed by atoms with van der Waals surface area (Å²) in [5, 5.41) is 0.644. The van der Waals surface area contributed by atoms with Gasteiger partial charge in [-0.05, 0) is 109 Å². The average Bonchev–Trinajstić information content (AvgIpc) is 2.71. The predicted octanol–water partition coefficient (Wildman–Crippen LogP) is 6.48. The second-order valence-corrected chi connectivity index (χ2v) is 29.8. The third-order valence-electron chi connectivity index (χ3n) is 5.41.